The quantitative estimate of drug-likeness (QED) is 0.441. The number of carbonyl (C=O) groups excluding carboxylic acids is 2. The van der Waals surface area contributed by atoms with Gasteiger partial charge in [-0.25, -0.2) is 9.18 Å². The van der Waals surface area contributed by atoms with E-state index in [1.54, 1.807) is 42.5 Å². The first-order chi connectivity index (χ1) is 16.8. The number of benzene rings is 3. The Hall–Kier alpha value is -3.38. The van der Waals surface area contributed by atoms with E-state index in [0.29, 0.717) is 22.7 Å². The molecule has 2 aliphatic rings. The third-order valence-corrected chi connectivity index (χ3v) is 7.24. The van der Waals surface area contributed by atoms with Gasteiger partial charge in [-0.2, -0.15) is 0 Å². The molecule has 1 spiro atoms. The number of esters is 1. The Morgan fingerprint density at radius 3 is 2.43 bits per heavy atom. The Morgan fingerprint density at radius 2 is 1.80 bits per heavy atom. The molecule has 1 N–H and O–H groups in total. The zero-order chi connectivity index (χ0) is 24.7. The summed E-state index contributed by atoms with van der Waals surface area (Å²) >= 11 is 6.48. The SMILES string of the molecule is COC(=O)c1ccc(C(C)NC(=O)c2cc(Cl)cc3c2N(Cc2ccc(F)cc2)CC32CC2)cc1. The molecule has 1 aliphatic heterocycles. The van der Waals surface area contributed by atoms with Crippen molar-refractivity contribution < 1.29 is 18.7 Å². The largest absolute Gasteiger partial charge is 0.465 e. The van der Waals surface area contributed by atoms with Gasteiger partial charge in [-0.15, -0.1) is 0 Å². The molecule has 1 amide bonds. The second-order valence-corrected chi connectivity index (χ2v) is 9.86. The zero-order valence-electron chi connectivity index (χ0n) is 19.6. The normalized spacial score (nSPS) is 16.1. The molecular weight excluding hydrogens is 467 g/mol. The zero-order valence-corrected chi connectivity index (χ0v) is 20.4. The van der Waals surface area contributed by atoms with Gasteiger partial charge in [0.25, 0.3) is 5.91 Å². The highest BCUT2D eigenvalue weighted by molar-refractivity contribution is 6.31. The molecular formula is C28H26ClFN2O3. The standard InChI is InChI=1S/C28H26ClFN2O3/c1-17(19-5-7-20(8-6-19)27(34)35-2)31-26(33)23-13-21(29)14-24-25(23)32(16-28(24)11-12-28)15-18-3-9-22(30)10-4-18/h3-10,13-14,17H,11-12,15-16H2,1-2H3,(H,31,33). The molecule has 7 heteroatoms. The van der Waals surface area contributed by atoms with Crippen molar-refractivity contribution in [3.05, 3.63) is 99.3 Å². The van der Waals surface area contributed by atoms with Crippen molar-refractivity contribution >= 4 is 29.2 Å². The number of nitrogens with zero attached hydrogens (tertiary/aromatic N) is 1. The summed E-state index contributed by atoms with van der Waals surface area (Å²) in [7, 11) is 1.34. The first-order valence-corrected chi connectivity index (χ1v) is 12.0. The first-order valence-electron chi connectivity index (χ1n) is 11.6. The highest BCUT2D eigenvalue weighted by Gasteiger charge is 2.52. The number of rotatable bonds is 6. The van der Waals surface area contributed by atoms with E-state index < -0.39 is 5.97 Å². The summed E-state index contributed by atoms with van der Waals surface area (Å²) in [5.74, 6) is -0.886. The van der Waals surface area contributed by atoms with Crippen LogP contribution in [-0.4, -0.2) is 25.5 Å². The van der Waals surface area contributed by atoms with Crippen molar-refractivity contribution in [2.45, 2.75) is 37.8 Å². The van der Waals surface area contributed by atoms with Crippen LogP contribution >= 0.6 is 11.6 Å². The molecule has 5 rings (SSSR count). The van der Waals surface area contributed by atoms with Crippen molar-refractivity contribution in [1.82, 2.24) is 5.32 Å². The van der Waals surface area contributed by atoms with E-state index in [9.17, 15) is 14.0 Å². The Bertz CT molecular complexity index is 1290. The molecule has 1 aliphatic carbocycles. The number of anilines is 1. The van der Waals surface area contributed by atoms with Gasteiger partial charge in [0, 0.05) is 23.5 Å². The highest BCUT2D eigenvalue weighted by Crippen LogP contribution is 2.58. The number of hydrogen-bond donors (Lipinski definition) is 1. The van der Waals surface area contributed by atoms with Crippen LogP contribution in [0.5, 0.6) is 0 Å². The molecule has 0 bridgehead atoms. The lowest BCUT2D eigenvalue weighted by Gasteiger charge is -2.23. The molecule has 1 fully saturated rings. The third kappa shape index (κ3) is 4.50. The van der Waals surface area contributed by atoms with E-state index in [1.807, 2.05) is 13.0 Å². The summed E-state index contributed by atoms with van der Waals surface area (Å²) in [5.41, 5.74) is 4.89. The molecule has 1 saturated carbocycles. The number of ether oxygens (including phenoxy) is 1. The fourth-order valence-corrected chi connectivity index (χ4v) is 5.17. The summed E-state index contributed by atoms with van der Waals surface area (Å²) in [6, 6.07) is 16.9. The molecule has 35 heavy (non-hydrogen) atoms. The molecule has 5 nitrogen and oxygen atoms in total. The number of amides is 1. The lowest BCUT2D eigenvalue weighted by atomic mass is 9.96. The topological polar surface area (TPSA) is 58.6 Å². The van der Waals surface area contributed by atoms with E-state index in [4.69, 9.17) is 16.3 Å². The van der Waals surface area contributed by atoms with Gasteiger partial charge in [0.15, 0.2) is 0 Å². The van der Waals surface area contributed by atoms with Crippen LogP contribution < -0.4 is 10.2 Å². The second kappa shape index (κ2) is 9.00. The number of nitrogens with one attached hydrogen (secondary N) is 1. The van der Waals surface area contributed by atoms with E-state index in [-0.39, 0.29) is 23.2 Å². The number of methoxy groups -OCH3 is 1. The monoisotopic (exact) mass is 492 g/mol. The Kier molecular flexibility index (Phi) is 6.01. The first kappa shape index (κ1) is 23.4. The van der Waals surface area contributed by atoms with Crippen LogP contribution in [0.1, 0.15) is 63.2 Å². The Labute approximate surface area is 208 Å². The molecule has 180 valence electrons. The molecule has 0 saturated heterocycles. The van der Waals surface area contributed by atoms with Gasteiger partial charge >= 0.3 is 5.97 Å². The summed E-state index contributed by atoms with van der Waals surface area (Å²) in [4.78, 5) is 27.4. The number of fused-ring (bicyclic) bond motifs is 2. The minimum Gasteiger partial charge on any atom is -0.465 e. The van der Waals surface area contributed by atoms with Gasteiger partial charge in [0.2, 0.25) is 0 Å². The maximum Gasteiger partial charge on any atom is 0.337 e. The van der Waals surface area contributed by atoms with Crippen LogP contribution in [-0.2, 0) is 16.7 Å². The van der Waals surface area contributed by atoms with Crippen LogP contribution in [0.15, 0.2) is 60.7 Å². The van der Waals surface area contributed by atoms with Crippen molar-refractivity contribution in [2.75, 3.05) is 18.6 Å². The lowest BCUT2D eigenvalue weighted by molar-refractivity contribution is 0.0600. The van der Waals surface area contributed by atoms with E-state index in [2.05, 4.69) is 10.2 Å². The third-order valence-electron chi connectivity index (χ3n) is 7.02. The summed E-state index contributed by atoms with van der Waals surface area (Å²) < 4.78 is 18.2. The molecule has 1 unspecified atom stereocenters. The smallest absolute Gasteiger partial charge is 0.337 e. The minimum atomic E-state index is -0.405. The van der Waals surface area contributed by atoms with Crippen LogP contribution in [0.4, 0.5) is 10.1 Å². The Morgan fingerprint density at radius 1 is 1.11 bits per heavy atom. The molecule has 1 heterocycles. The average molecular weight is 493 g/mol. The predicted molar refractivity (Wildman–Crippen MR) is 133 cm³/mol. The van der Waals surface area contributed by atoms with Crippen molar-refractivity contribution in [3.8, 4) is 0 Å². The van der Waals surface area contributed by atoms with Gasteiger partial charge in [-0.3, -0.25) is 4.79 Å². The molecule has 3 aromatic rings. The van der Waals surface area contributed by atoms with E-state index in [0.717, 1.165) is 41.8 Å². The molecule has 3 aromatic carbocycles. The van der Waals surface area contributed by atoms with Crippen LogP contribution in [0.25, 0.3) is 0 Å². The average Bonchev–Trinajstić information content (AvgIpc) is 3.58. The number of carbonyl (C=O) groups is 2. The van der Waals surface area contributed by atoms with Crippen molar-refractivity contribution in [2.24, 2.45) is 0 Å². The number of hydrogen-bond acceptors (Lipinski definition) is 4. The second-order valence-electron chi connectivity index (χ2n) is 9.42. The minimum absolute atomic E-state index is 0.0324. The van der Waals surface area contributed by atoms with Gasteiger partial charge < -0.3 is 15.0 Å². The van der Waals surface area contributed by atoms with Crippen LogP contribution in [0.2, 0.25) is 5.02 Å². The summed E-state index contributed by atoms with van der Waals surface area (Å²) in [5, 5.41) is 3.62. The highest BCUT2D eigenvalue weighted by atomic mass is 35.5. The van der Waals surface area contributed by atoms with Gasteiger partial charge in [-0.05, 0) is 72.9 Å². The molecule has 1 atom stereocenters. The maximum absolute atomic E-state index is 13.5. The van der Waals surface area contributed by atoms with Crippen molar-refractivity contribution in [1.29, 1.82) is 0 Å². The fraction of sp³-hybridized carbons (Fsp3) is 0.286. The maximum atomic E-state index is 13.5. The van der Waals surface area contributed by atoms with Gasteiger partial charge in [0.05, 0.1) is 30.0 Å². The number of halogens is 2. The van der Waals surface area contributed by atoms with Crippen LogP contribution in [0, 0.1) is 5.82 Å². The predicted octanol–water partition coefficient (Wildman–Crippen LogP) is 5.81. The Balaban J connectivity index is 1.42. The van der Waals surface area contributed by atoms with Crippen molar-refractivity contribution in [3.63, 3.8) is 0 Å². The summed E-state index contributed by atoms with van der Waals surface area (Å²) in [6.07, 6.45) is 2.12. The molecule has 0 radical (unpaired) electrons. The molecule has 0 aromatic heterocycles. The van der Waals surface area contributed by atoms with Gasteiger partial charge in [-0.1, -0.05) is 35.9 Å². The summed E-state index contributed by atoms with van der Waals surface area (Å²) in [6.45, 7) is 3.29. The van der Waals surface area contributed by atoms with Gasteiger partial charge in [0.1, 0.15) is 5.82 Å². The van der Waals surface area contributed by atoms with Crippen LogP contribution in [0.3, 0.4) is 0 Å². The fourth-order valence-electron chi connectivity index (χ4n) is 4.95. The lowest BCUT2D eigenvalue weighted by Crippen LogP contribution is -2.29. The van der Waals surface area contributed by atoms with E-state index in [1.165, 1.54) is 19.2 Å². The van der Waals surface area contributed by atoms with E-state index >= 15 is 0 Å².